The van der Waals surface area contributed by atoms with Crippen molar-refractivity contribution in [3.05, 3.63) is 65.2 Å². The highest BCUT2D eigenvalue weighted by molar-refractivity contribution is 5.48. The highest BCUT2D eigenvalue weighted by Crippen LogP contribution is 2.23. The zero-order valence-electron chi connectivity index (χ0n) is 12.2. The Labute approximate surface area is 125 Å². The molecule has 0 saturated heterocycles. The summed E-state index contributed by atoms with van der Waals surface area (Å²) in [5.74, 6) is -0.240. The standard InChI is InChI=1S/C18H17N3/c1-21(2)18-8-4-5-14(11-18)9-17(13-20)16-7-3-6-15(10-16)12-19/h3-8,10-11,17H,9H2,1-2H3. The molecule has 104 valence electrons. The monoisotopic (exact) mass is 275 g/mol. The molecule has 2 aromatic carbocycles. The summed E-state index contributed by atoms with van der Waals surface area (Å²) in [5, 5.41) is 18.4. The fourth-order valence-corrected chi connectivity index (χ4v) is 2.26. The molecule has 0 aromatic heterocycles. The summed E-state index contributed by atoms with van der Waals surface area (Å²) in [6.45, 7) is 0. The van der Waals surface area contributed by atoms with Gasteiger partial charge in [0.05, 0.1) is 23.6 Å². The van der Waals surface area contributed by atoms with Gasteiger partial charge in [-0.25, -0.2) is 0 Å². The first-order valence-corrected chi connectivity index (χ1v) is 6.80. The molecule has 0 bridgehead atoms. The summed E-state index contributed by atoms with van der Waals surface area (Å²) in [6.07, 6.45) is 0.646. The second-order valence-corrected chi connectivity index (χ2v) is 5.19. The van der Waals surface area contributed by atoms with Crippen LogP contribution in [0.3, 0.4) is 0 Å². The lowest BCUT2D eigenvalue weighted by Gasteiger charge is -2.15. The third-order valence-electron chi connectivity index (χ3n) is 3.44. The number of hydrogen-bond donors (Lipinski definition) is 0. The molecular formula is C18H17N3. The van der Waals surface area contributed by atoms with Crippen LogP contribution in [0, 0.1) is 22.7 Å². The van der Waals surface area contributed by atoms with E-state index in [0.717, 1.165) is 16.8 Å². The van der Waals surface area contributed by atoms with E-state index >= 15 is 0 Å². The Hall–Kier alpha value is -2.78. The Kier molecular flexibility index (Phi) is 4.59. The molecule has 3 heteroatoms. The van der Waals surface area contributed by atoms with E-state index in [-0.39, 0.29) is 5.92 Å². The van der Waals surface area contributed by atoms with Crippen LogP contribution in [-0.4, -0.2) is 14.1 Å². The Bertz CT molecular complexity index is 705. The molecule has 0 saturated carbocycles. The Morgan fingerprint density at radius 1 is 1.05 bits per heavy atom. The summed E-state index contributed by atoms with van der Waals surface area (Å²) >= 11 is 0. The largest absolute Gasteiger partial charge is 0.378 e. The molecule has 0 aliphatic rings. The van der Waals surface area contributed by atoms with Gasteiger partial charge in [0, 0.05) is 19.8 Å². The maximum Gasteiger partial charge on any atom is 0.0991 e. The number of benzene rings is 2. The summed E-state index contributed by atoms with van der Waals surface area (Å²) in [6, 6.07) is 19.9. The lowest BCUT2D eigenvalue weighted by atomic mass is 9.92. The van der Waals surface area contributed by atoms with Gasteiger partial charge in [0.2, 0.25) is 0 Å². The summed E-state index contributed by atoms with van der Waals surface area (Å²) in [4.78, 5) is 2.04. The van der Waals surface area contributed by atoms with Crippen LogP contribution >= 0.6 is 0 Å². The van der Waals surface area contributed by atoms with E-state index in [1.165, 1.54) is 0 Å². The molecule has 0 aliphatic carbocycles. The molecule has 3 nitrogen and oxygen atoms in total. The molecule has 21 heavy (non-hydrogen) atoms. The van der Waals surface area contributed by atoms with Gasteiger partial charge in [-0.3, -0.25) is 0 Å². The third kappa shape index (κ3) is 3.61. The van der Waals surface area contributed by atoms with Crippen LogP contribution in [0.1, 0.15) is 22.6 Å². The number of rotatable bonds is 4. The van der Waals surface area contributed by atoms with Gasteiger partial charge < -0.3 is 4.90 Å². The van der Waals surface area contributed by atoms with Crippen LogP contribution < -0.4 is 4.90 Å². The molecule has 0 spiro atoms. The van der Waals surface area contributed by atoms with Gasteiger partial charge in [0.15, 0.2) is 0 Å². The van der Waals surface area contributed by atoms with E-state index in [1.807, 2.05) is 49.3 Å². The fourth-order valence-electron chi connectivity index (χ4n) is 2.26. The minimum Gasteiger partial charge on any atom is -0.378 e. The third-order valence-corrected chi connectivity index (χ3v) is 3.44. The van der Waals surface area contributed by atoms with Gasteiger partial charge in [0.1, 0.15) is 0 Å². The minimum atomic E-state index is -0.240. The number of nitriles is 2. The molecule has 0 heterocycles. The second-order valence-electron chi connectivity index (χ2n) is 5.19. The van der Waals surface area contributed by atoms with Crippen molar-refractivity contribution in [2.24, 2.45) is 0 Å². The molecule has 2 aromatic rings. The minimum absolute atomic E-state index is 0.240. The first-order chi connectivity index (χ1) is 10.1. The lowest BCUT2D eigenvalue weighted by molar-refractivity contribution is 0.848. The van der Waals surface area contributed by atoms with Crippen LogP contribution in [0.4, 0.5) is 5.69 Å². The normalized spacial score (nSPS) is 11.2. The van der Waals surface area contributed by atoms with Crippen LogP contribution in [0.15, 0.2) is 48.5 Å². The van der Waals surface area contributed by atoms with Crippen LogP contribution in [0.2, 0.25) is 0 Å². The van der Waals surface area contributed by atoms with Crippen LogP contribution in [0.5, 0.6) is 0 Å². The first kappa shape index (κ1) is 14.6. The Morgan fingerprint density at radius 2 is 1.81 bits per heavy atom. The average molecular weight is 275 g/mol. The van der Waals surface area contributed by atoms with Gasteiger partial charge in [-0.05, 0) is 41.8 Å². The molecule has 0 radical (unpaired) electrons. The molecule has 0 aliphatic heterocycles. The SMILES string of the molecule is CN(C)c1cccc(CC(C#N)c2cccc(C#N)c2)c1. The van der Waals surface area contributed by atoms with E-state index in [4.69, 9.17) is 5.26 Å². The fraction of sp³-hybridized carbons (Fsp3) is 0.222. The predicted molar refractivity (Wildman–Crippen MR) is 84.0 cm³/mol. The lowest BCUT2D eigenvalue weighted by Crippen LogP contribution is -2.09. The molecular weight excluding hydrogens is 258 g/mol. The Balaban J connectivity index is 2.25. The van der Waals surface area contributed by atoms with Crippen LogP contribution in [-0.2, 0) is 6.42 Å². The van der Waals surface area contributed by atoms with Crippen molar-refractivity contribution in [1.29, 1.82) is 10.5 Å². The second kappa shape index (κ2) is 6.59. The number of hydrogen-bond acceptors (Lipinski definition) is 3. The zero-order valence-corrected chi connectivity index (χ0v) is 12.2. The average Bonchev–Trinajstić information content (AvgIpc) is 2.53. The smallest absolute Gasteiger partial charge is 0.0991 e. The number of nitrogens with zero attached hydrogens (tertiary/aromatic N) is 3. The molecule has 1 atom stereocenters. The molecule has 0 fully saturated rings. The molecule has 0 N–H and O–H groups in total. The molecule has 2 rings (SSSR count). The zero-order chi connectivity index (χ0) is 15.2. The first-order valence-electron chi connectivity index (χ1n) is 6.80. The van der Waals surface area contributed by atoms with Crippen molar-refractivity contribution >= 4 is 5.69 Å². The van der Waals surface area contributed by atoms with Crippen molar-refractivity contribution in [2.75, 3.05) is 19.0 Å². The van der Waals surface area contributed by atoms with Crippen molar-refractivity contribution in [1.82, 2.24) is 0 Å². The van der Waals surface area contributed by atoms with Crippen molar-refractivity contribution in [2.45, 2.75) is 12.3 Å². The summed E-state index contributed by atoms with van der Waals surface area (Å²) in [7, 11) is 3.99. The van der Waals surface area contributed by atoms with Crippen molar-refractivity contribution < 1.29 is 0 Å². The van der Waals surface area contributed by atoms with Gasteiger partial charge >= 0.3 is 0 Å². The van der Waals surface area contributed by atoms with E-state index < -0.39 is 0 Å². The van der Waals surface area contributed by atoms with Crippen molar-refractivity contribution in [3.8, 4) is 12.1 Å². The Morgan fingerprint density at radius 3 is 2.48 bits per heavy atom. The molecule has 0 amide bonds. The van der Waals surface area contributed by atoms with E-state index in [0.29, 0.717) is 12.0 Å². The predicted octanol–water partition coefficient (Wildman–Crippen LogP) is 3.47. The van der Waals surface area contributed by atoms with Gasteiger partial charge in [-0.2, -0.15) is 10.5 Å². The van der Waals surface area contributed by atoms with E-state index in [1.54, 1.807) is 12.1 Å². The van der Waals surface area contributed by atoms with E-state index in [2.05, 4.69) is 18.2 Å². The topological polar surface area (TPSA) is 50.8 Å². The summed E-state index contributed by atoms with van der Waals surface area (Å²) < 4.78 is 0. The quantitative estimate of drug-likeness (QED) is 0.858. The van der Waals surface area contributed by atoms with Gasteiger partial charge in [-0.1, -0.05) is 24.3 Å². The van der Waals surface area contributed by atoms with Crippen LogP contribution in [0.25, 0.3) is 0 Å². The van der Waals surface area contributed by atoms with Gasteiger partial charge in [-0.15, -0.1) is 0 Å². The highest BCUT2D eigenvalue weighted by Gasteiger charge is 2.12. The van der Waals surface area contributed by atoms with Crippen molar-refractivity contribution in [3.63, 3.8) is 0 Å². The maximum atomic E-state index is 9.44. The maximum absolute atomic E-state index is 9.44. The summed E-state index contributed by atoms with van der Waals surface area (Å²) in [5.41, 5.74) is 3.73. The molecule has 1 unspecified atom stereocenters. The van der Waals surface area contributed by atoms with Gasteiger partial charge in [0.25, 0.3) is 0 Å². The highest BCUT2D eigenvalue weighted by atomic mass is 15.1. The number of anilines is 1. The van der Waals surface area contributed by atoms with E-state index in [9.17, 15) is 5.26 Å².